The standard InChI is InChI=1S/C26H32N8/c1-2-3-5-12-23-28-25(21-9-6-4-7-10-21)31-34(23)18-19-13-15-20(16-14-19)22-11-8-17-27-24(22)26-29-32-33-30-26/h8,11,13-17,21H,2-7,9-10,12,18H2,1H3,(H,29,30,32,33). The van der Waals surface area contributed by atoms with Gasteiger partial charge < -0.3 is 0 Å². The fraction of sp³-hybridized carbons (Fsp3) is 0.462. The highest BCUT2D eigenvalue weighted by atomic mass is 15.5. The molecule has 176 valence electrons. The number of H-pyrrole nitrogens is 1. The first-order valence-corrected chi connectivity index (χ1v) is 12.5. The SMILES string of the molecule is CCCCCc1nc(C2CCCCC2)nn1Cc1ccc(-c2cccnc2-c2nnn[nH]2)cc1. The maximum Gasteiger partial charge on any atom is 0.198 e. The molecule has 3 aromatic heterocycles. The minimum absolute atomic E-state index is 0.525. The zero-order chi connectivity index (χ0) is 23.2. The Labute approximate surface area is 200 Å². The normalized spacial score (nSPS) is 14.5. The number of aromatic amines is 1. The molecule has 0 bridgehead atoms. The Bertz CT molecular complexity index is 1170. The van der Waals surface area contributed by atoms with Gasteiger partial charge in [0.05, 0.1) is 6.54 Å². The van der Waals surface area contributed by atoms with E-state index in [0.29, 0.717) is 11.7 Å². The van der Waals surface area contributed by atoms with E-state index in [2.05, 4.69) is 61.5 Å². The summed E-state index contributed by atoms with van der Waals surface area (Å²) in [5.41, 5.74) is 4.03. The third-order valence-corrected chi connectivity index (χ3v) is 6.71. The third kappa shape index (κ3) is 5.05. The fourth-order valence-electron chi connectivity index (χ4n) is 4.82. The molecule has 0 aliphatic heterocycles. The van der Waals surface area contributed by atoms with Crippen molar-refractivity contribution in [1.29, 1.82) is 0 Å². The quantitative estimate of drug-likeness (QED) is 0.341. The van der Waals surface area contributed by atoms with Crippen LogP contribution in [-0.2, 0) is 13.0 Å². The van der Waals surface area contributed by atoms with Gasteiger partial charge in [-0.1, -0.05) is 69.4 Å². The van der Waals surface area contributed by atoms with Crippen molar-refractivity contribution in [2.45, 2.75) is 77.2 Å². The molecule has 1 aliphatic rings. The molecule has 8 heteroatoms. The summed E-state index contributed by atoms with van der Waals surface area (Å²) in [6.45, 7) is 2.99. The van der Waals surface area contributed by atoms with E-state index in [4.69, 9.17) is 10.1 Å². The van der Waals surface area contributed by atoms with Crippen molar-refractivity contribution in [3.05, 3.63) is 59.8 Å². The second kappa shape index (κ2) is 10.7. The molecule has 0 unspecified atom stereocenters. The summed E-state index contributed by atoms with van der Waals surface area (Å²) in [7, 11) is 0. The predicted molar refractivity (Wildman–Crippen MR) is 131 cm³/mol. The zero-order valence-electron chi connectivity index (χ0n) is 19.8. The molecule has 5 rings (SSSR count). The van der Waals surface area contributed by atoms with Crippen LogP contribution < -0.4 is 0 Å². The minimum Gasteiger partial charge on any atom is -0.252 e. The third-order valence-electron chi connectivity index (χ3n) is 6.71. The van der Waals surface area contributed by atoms with Crippen molar-refractivity contribution in [2.24, 2.45) is 0 Å². The van der Waals surface area contributed by atoms with Gasteiger partial charge in [0.15, 0.2) is 11.6 Å². The molecule has 3 heterocycles. The van der Waals surface area contributed by atoms with Gasteiger partial charge >= 0.3 is 0 Å². The Morgan fingerprint density at radius 3 is 2.65 bits per heavy atom. The molecule has 4 aromatic rings. The minimum atomic E-state index is 0.525. The molecule has 1 aromatic carbocycles. The number of hydrogen-bond donors (Lipinski definition) is 1. The second-order valence-electron chi connectivity index (χ2n) is 9.18. The monoisotopic (exact) mass is 456 g/mol. The van der Waals surface area contributed by atoms with Gasteiger partial charge in [-0.2, -0.15) is 5.10 Å². The molecule has 1 saturated carbocycles. The zero-order valence-corrected chi connectivity index (χ0v) is 19.8. The van der Waals surface area contributed by atoms with Crippen LogP contribution in [0.25, 0.3) is 22.6 Å². The van der Waals surface area contributed by atoms with Gasteiger partial charge in [-0.15, -0.1) is 5.10 Å². The summed E-state index contributed by atoms with van der Waals surface area (Å²) in [4.78, 5) is 9.51. The topological polar surface area (TPSA) is 98.1 Å². The number of nitrogens with zero attached hydrogens (tertiary/aromatic N) is 7. The summed E-state index contributed by atoms with van der Waals surface area (Å²) in [6, 6.07) is 12.6. The summed E-state index contributed by atoms with van der Waals surface area (Å²) in [5.74, 6) is 3.28. The molecule has 1 N–H and O–H groups in total. The van der Waals surface area contributed by atoms with Gasteiger partial charge in [-0.25, -0.2) is 14.8 Å². The van der Waals surface area contributed by atoms with Crippen LogP contribution in [0, 0.1) is 0 Å². The van der Waals surface area contributed by atoms with E-state index in [9.17, 15) is 0 Å². The number of pyridine rings is 1. The number of nitrogens with one attached hydrogen (secondary N) is 1. The summed E-state index contributed by atoms with van der Waals surface area (Å²) in [6.07, 6.45) is 12.7. The highest BCUT2D eigenvalue weighted by molar-refractivity contribution is 5.77. The van der Waals surface area contributed by atoms with Crippen LogP contribution in [0.15, 0.2) is 42.6 Å². The van der Waals surface area contributed by atoms with E-state index in [1.54, 1.807) is 6.20 Å². The Balaban J connectivity index is 1.37. The molecule has 1 fully saturated rings. The smallest absolute Gasteiger partial charge is 0.198 e. The van der Waals surface area contributed by atoms with Crippen LogP contribution in [-0.4, -0.2) is 40.4 Å². The molecule has 0 amide bonds. The molecular weight excluding hydrogens is 424 g/mol. The highest BCUT2D eigenvalue weighted by Crippen LogP contribution is 2.31. The average Bonchev–Trinajstić information content (AvgIpc) is 3.56. The maximum absolute atomic E-state index is 5.03. The van der Waals surface area contributed by atoms with Gasteiger partial charge in [0.1, 0.15) is 11.5 Å². The van der Waals surface area contributed by atoms with Crippen LogP contribution in [0.5, 0.6) is 0 Å². The highest BCUT2D eigenvalue weighted by Gasteiger charge is 2.21. The van der Waals surface area contributed by atoms with Crippen molar-refractivity contribution in [1.82, 2.24) is 40.4 Å². The molecule has 1 aliphatic carbocycles. The van der Waals surface area contributed by atoms with Crippen LogP contribution in [0.3, 0.4) is 0 Å². The molecule has 0 atom stereocenters. The molecule has 0 spiro atoms. The second-order valence-corrected chi connectivity index (χ2v) is 9.18. The lowest BCUT2D eigenvalue weighted by Crippen LogP contribution is -2.09. The van der Waals surface area contributed by atoms with Crippen LogP contribution in [0.4, 0.5) is 0 Å². The van der Waals surface area contributed by atoms with E-state index >= 15 is 0 Å². The summed E-state index contributed by atoms with van der Waals surface area (Å²) >= 11 is 0. The Morgan fingerprint density at radius 1 is 1.03 bits per heavy atom. The average molecular weight is 457 g/mol. The number of tetrazole rings is 1. The Hall–Kier alpha value is -3.42. The van der Waals surface area contributed by atoms with E-state index in [-0.39, 0.29) is 0 Å². The molecule has 0 saturated heterocycles. The summed E-state index contributed by atoms with van der Waals surface area (Å²) < 4.78 is 2.14. The van der Waals surface area contributed by atoms with Crippen LogP contribution in [0.2, 0.25) is 0 Å². The fourth-order valence-corrected chi connectivity index (χ4v) is 4.82. The lowest BCUT2D eigenvalue weighted by Gasteiger charge is -2.18. The molecule has 8 nitrogen and oxygen atoms in total. The van der Waals surface area contributed by atoms with Gasteiger partial charge in [0.25, 0.3) is 0 Å². The van der Waals surface area contributed by atoms with Crippen molar-refractivity contribution in [3.8, 4) is 22.6 Å². The molecule has 0 radical (unpaired) electrons. The van der Waals surface area contributed by atoms with E-state index in [1.807, 2.05) is 12.1 Å². The van der Waals surface area contributed by atoms with Gasteiger partial charge in [0.2, 0.25) is 0 Å². The van der Waals surface area contributed by atoms with Crippen molar-refractivity contribution >= 4 is 0 Å². The van der Waals surface area contributed by atoms with Gasteiger partial charge in [0, 0.05) is 24.1 Å². The van der Waals surface area contributed by atoms with Gasteiger partial charge in [-0.05, 0) is 46.9 Å². The predicted octanol–water partition coefficient (Wildman–Crippen LogP) is 5.35. The van der Waals surface area contributed by atoms with Crippen molar-refractivity contribution < 1.29 is 0 Å². The van der Waals surface area contributed by atoms with Crippen molar-refractivity contribution in [2.75, 3.05) is 0 Å². The van der Waals surface area contributed by atoms with E-state index in [0.717, 1.165) is 41.4 Å². The number of aryl methyl sites for hydroxylation is 1. The maximum atomic E-state index is 5.03. The first-order valence-electron chi connectivity index (χ1n) is 12.5. The molecular formula is C26H32N8. The number of unbranched alkanes of at least 4 members (excludes halogenated alkanes) is 2. The number of benzene rings is 1. The van der Waals surface area contributed by atoms with Crippen LogP contribution >= 0.6 is 0 Å². The largest absolute Gasteiger partial charge is 0.252 e. The number of aromatic nitrogens is 8. The first kappa shape index (κ1) is 22.4. The van der Waals surface area contributed by atoms with E-state index in [1.165, 1.54) is 56.9 Å². The Morgan fingerprint density at radius 2 is 1.88 bits per heavy atom. The number of rotatable bonds is 9. The summed E-state index contributed by atoms with van der Waals surface area (Å²) in [5, 5.41) is 19.2. The first-order chi connectivity index (χ1) is 16.8. The van der Waals surface area contributed by atoms with E-state index < -0.39 is 0 Å². The van der Waals surface area contributed by atoms with Crippen LogP contribution in [0.1, 0.15) is 81.4 Å². The lowest BCUT2D eigenvalue weighted by atomic mass is 9.89. The van der Waals surface area contributed by atoms with Crippen molar-refractivity contribution in [3.63, 3.8) is 0 Å². The molecule has 34 heavy (non-hydrogen) atoms. The lowest BCUT2D eigenvalue weighted by molar-refractivity contribution is 0.426. The Kier molecular flexibility index (Phi) is 7.02. The number of hydrogen-bond acceptors (Lipinski definition) is 6. The van der Waals surface area contributed by atoms with Gasteiger partial charge in [-0.3, -0.25) is 4.98 Å².